The first-order chi connectivity index (χ1) is 13.0. The predicted molar refractivity (Wildman–Crippen MR) is 109 cm³/mol. The summed E-state index contributed by atoms with van der Waals surface area (Å²) in [6.07, 6.45) is 0. The maximum Gasteiger partial charge on any atom is 0.265 e. The van der Waals surface area contributed by atoms with Gasteiger partial charge < -0.3 is 19.5 Å². The van der Waals surface area contributed by atoms with Crippen molar-refractivity contribution in [2.45, 2.75) is 13.0 Å². The van der Waals surface area contributed by atoms with E-state index in [4.69, 9.17) is 25.8 Å². The molecule has 1 atom stereocenters. The molecule has 5 nitrogen and oxygen atoms in total. The number of rotatable bonds is 6. The Morgan fingerprint density at radius 2 is 1.78 bits per heavy atom. The van der Waals surface area contributed by atoms with Crippen LogP contribution in [0.15, 0.2) is 36.4 Å². The highest BCUT2D eigenvalue weighted by atomic mass is 35.5. The molecule has 1 unspecified atom stereocenters. The molecule has 1 heterocycles. The Balaban J connectivity index is 1.88. The smallest absolute Gasteiger partial charge is 0.265 e. The van der Waals surface area contributed by atoms with Gasteiger partial charge in [-0.3, -0.25) is 4.79 Å². The van der Waals surface area contributed by atoms with Gasteiger partial charge in [0.25, 0.3) is 5.91 Å². The molecule has 0 aliphatic rings. The molecule has 3 rings (SSSR count). The monoisotopic (exact) mass is 405 g/mol. The number of methoxy groups -OCH3 is 3. The molecular weight excluding hydrogens is 386 g/mol. The maximum absolute atomic E-state index is 12.9. The first-order valence-electron chi connectivity index (χ1n) is 8.27. The Morgan fingerprint density at radius 1 is 1.04 bits per heavy atom. The molecule has 0 radical (unpaired) electrons. The topological polar surface area (TPSA) is 56.8 Å². The summed E-state index contributed by atoms with van der Waals surface area (Å²) in [5.41, 5.74) is 0.907. The minimum atomic E-state index is -0.226. The van der Waals surface area contributed by atoms with Crippen LogP contribution in [-0.4, -0.2) is 27.2 Å². The Labute approximate surface area is 166 Å². The first kappa shape index (κ1) is 19.3. The number of fused-ring (bicyclic) bond motifs is 1. The average Bonchev–Trinajstić information content (AvgIpc) is 3.04. The van der Waals surface area contributed by atoms with Gasteiger partial charge in [0.05, 0.1) is 27.4 Å². The van der Waals surface area contributed by atoms with E-state index < -0.39 is 0 Å². The lowest BCUT2D eigenvalue weighted by Gasteiger charge is -2.16. The number of hydrogen-bond donors (Lipinski definition) is 1. The molecule has 7 heteroatoms. The van der Waals surface area contributed by atoms with Gasteiger partial charge in [-0.1, -0.05) is 17.7 Å². The molecule has 0 aliphatic heterocycles. The van der Waals surface area contributed by atoms with Crippen molar-refractivity contribution < 1.29 is 19.0 Å². The second-order valence-electron chi connectivity index (χ2n) is 5.91. The van der Waals surface area contributed by atoms with E-state index in [9.17, 15) is 4.79 Å². The van der Waals surface area contributed by atoms with E-state index in [1.165, 1.54) is 11.3 Å². The van der Waals surface area contributed by atoms with Crippen molar-refractivity contribution in [3.05, 3.63) is 51.9 Å². The van der Waals surface area contributed by atoms with E-state index in [-0.39, 0.29) is 11.9 Å². The lowest BCUT2D eigenvalue weighted by Crippen LogP contribution is -2.26. The zero-order chi connectivity index (χ0) is 19.6. The zero-order valence-electron chi connectivity index (χ0n) is 15.5. The Bertz CT molecular complexity index is 986. The van der Waals surface area contributed by atoms with Crippen molar-refractivity contribution in [3.8, 4) is 17.2 Å². The molecule has 0 bridgehead atoms. The molecule has 1 amide bonds. The summed E-state index contributed by atoms with van der Waals surface area (Å²) in [6.45, 7) is 1.91. The quantitative estimate of drug-likeness (QED) is 0.621. The summed E-state index contributed by atoms with van der Waals surface area (Å²) >= 11 is 7.42. The minimum Gasteiger partial charge on any atom is -0.494 e. The van der Waals surface area contributed by atoms with Crippen LogP contribution in [0.3, 0.4) is 0 Å². The van der Waals surface area contributed by atoms with Gasteiger partial charge >= 0.3 is 0 Å². The van der Waals surface area contributed by atoms with E-state index in [0.717, 1.165) is 15.6 Å². The average molecular weight is 406 g/mol. The summed E-state index contributed by atoms with van der Waals surface area (Å²) in [6, 6.07) is 10.8. The second-order valence-corrected chi connectivity index (χ2v) is 7.40. The molecule has 0 saturated carbocycles. The van der Waals surface area contributed by atoms with Gasteiger partial charge in [-0.2, -0.15) is 0 Å². The lowest BCUT2D eigenvalue weighted by atomic mass is 10.1. The molecule has 0 aliphatic carbocycles. The van der Waals surface area contributed by atoms with Crippen LogP contribution in [0.1, 0.15) is 28.2 Å². The van der Waals surface area contributed by atoms with Gasteiger partial charge in [0, 0.05) is 15.1 Å². The number of nitrogens with one attached hydrogen (secondary N) is 1. The number of benzene rings is 2. The largest absolute Gasteiger partial charge is 0.494 e. The summed E-state index contributed by atoms with van der Waals surface area (Å²) in [5, 5.41) is 4.51. The lowest BCUT2D eigenvalue weighted by molar-refractivity contribution is 0.0941. The van der Waals surface area contributed by atoms with Gasteiger partial charge in [0.15, 0.2) is 11.5 Å². The predicted octanol–water partition coefficient (Wildman–Crippen LogP) is 5.07. The fourth-order valence-electron chi connectivity index (χ4n) is 2.87. The minimum absolute atomic E-state index is 0.202. The Kier molecular flexibility index (Phi) is 5.77. The van der Waals surface area contributed by atoms with Crippen LogP contribution in [0.2, 0.25) is 5.02 Å². The van der Waals surface area contributed by atoms with Gasteiger partial charge in [0.1, 0.15) is 10.6 Å². The molecule has 3 aromatic rings. The molecule has 2 aromatic carbocycles. The van der Waals surface area contributed by atoms with Crippen molar-refractivity contribution in [1.29, 1.82) is 0 Å². The van der Waals surface area contributed by atoms with Gasteiger partial charge in [0.2, 0.25) is 0 Å². The molecule has 0 spiro atoms. The number of halogens is 1. The number of carbonyl (C=O) groups excluding carboxylic acids is 1. The highest BCUT2D eigenvalue weighted by Crippen LogP contribution is 2.39. The Morgan fingerprint density at radius 3 is 2.44 bits per heavy atom. The number of hydrogen-bond acceptors (Lipinski definition) is 5. The third kappa shape index (κ3) is 3.82. The van der Waals surface area contributed by atoms with Crippen molar-refractivity contribution >= 4 is 38.9 Å². The van der Waals surface area contributed by atoms with Crippen LogP contribution < -0.4 is 19.5 Å². The highest BCUT2D eigenvalue weighted by molar-refractivity contribution is 7.21. The van der Waals surface area contributed by atoms with E-state index >= 15 is 0 Å². The molecule has 27 heavy (non-hydrogen) atoms. The molecule has 0 saturated heterocycles. The summed E-state index contributed by atoms with van der Waals surface area (Å²) in [7, 11) is 4.73. The molecule has 0 fully saturated rings. The fourth-order valence-corrected chi connectivity index (χ4v) is 4.22. The number of carbonyl (C=O) groups is 1. The SMILES string of the molecule is COc1ccc(C(C)NC(=O)c2sc3cc(Cl)ccc3c2OC)cc1OC. The van der Waals surface area contributed by atoms with Crippen molar-refractivity contribution in [2.75, 3.05) is 21.3 Å². The summed E-state index contributed by atoms with van der Waals surface area (Å²) < 4.78 is 17.0. The fraction of sp³-hybridized carbons (Fsp3) is 0.250. The summed E-state index contributed by atoms with van der Waals surface area (Å²) in [5.74, 6) is 1.61. The Hall–Kier alpha value is -2.44. The van der Waals surface area contributed by atoms with E-state index in [1.54, 1.807) is 27.4 Å². The van der Waals surface area contributed by atoms with Crippen LogP contribution in [0, 0.1) is 0 Å². The molecule has 1 aromatic heterocycles. The standard InChI is InChI=1S/C20H20ClNO4S/c1-11(12-5-8-15(24-2)16(9-12)25-3)22-20(23)19-18(26-4)14-7-6-13(21)10-17(14)27-19/h5-11H,1-4H3,(H,22,23). The number of ether oxygens (including phenoxy) is 3. The van der Waals surface area contributed by atoms with Crippen LogP contribution in [0.4, 0.5) is 0 Å². The van der Waals surface area contributed by atoms with Crippen LogP contribution in [-0.2, 0) is 0 Å². The normalized spacial score (nSPS) is 11.9. The third-order valence-corrected chi connectivity index (χ3v) is 5.64. The van der Waals surface area contributed by atoms with Gasteiger partial charge in [-0.25, -0.2) is 0 Å². The number of amides is 1. The first-order valence-corrected chi connectivity index (χ1v) is 9.46. The van der Waals surface area contributed by atoms with Crippen LogP contribution in [0.25, 0.3) is 10.1 Å². The molecule has 1 N–H and O–H groups in total. The third-order valence-electron chi connectivity index (χ3n) is 4.27. The highest BCUT2D eigenvalue weighted by Gasteiger charge is 2.21. The van der Waals surface area contributed by atoms with Crippen LogP contribution in [0.5, 0.6) is 17.2 Å². The molecular formula is C20H20ClNO4S. The maximum atomic E-state index is 12.9. The van der Waals surface area contributed by atoms with E-state index in [2.05, 4.69) is 5.32 Å². The van der Waals surface area contributed by atoms with Crippen molar-refractivity contribution in [3.63, 3.8) is 0 Å². The van der Waals surface area contributed by atoms with Crippen molar-refractivity contribution in [1.82, 2.24) is 5.32 Å². The molecule has 142 valence electrons. The van der Waals surface area contributed by atoms with Crippen LogP contribution >= 0.6 is 22.9 Å². The van der Waals surface area contributed by atoms with E-state index in [1.807, 2.05) is 37.3 Å². The van der Waals surface area contributed by atoms with Gasteiger partial charge in [-0.05, 0) is 42.8 Å². The van der Waals surface area contributed by atoms with E-state index in [0.29, 0.717) is 27.1 Å². The second kappa shape index (κ2) is 8.06. The zero-order valence-corrected chi connectivity index (χ0v) is 17.0. The van der Waals surface area contributed by atoms with Crippen molar-refractivity contribution in [2.24, 2.45) is 0 Å². The summed E-state index contributed by atoms with van der Waals surface area (Å²) in [4.78, 5) is 13.4. The number of thiophene rings is 1. The van der Waals surface area contributed by atoms with Gasteiger partial charge in [-0.15, -0.1) is 11.3 Å².